The maximum absolute atomic E-state index is 12.3. The lowest BCUT2D eigenvalue weighted by Gasteiger charge is -2.15. The van der Waals surface area contributed by atoms with Gasteiger partial charge in [0.1, 0.15) is 10.9 Å². The molecule has 6 nitrogen and oxygen atoms in total. The molecule has 0 aliphatic carbocycles. The van der Waals surface area contributed by atoms with E-state index in [1.165, 1.54) is 29.7 Å². The van der Waals surface area contributed by atoms with E-state index in [2.05, 4.69) is 10.1 Å². The van der Waals surface area contributed by atoms with Crippen LogP contribution in [0.25, 0.3) is 0 Å². The average Bonchev–Trinajstić information content (AvgIpc) is 2.74. The van der Waals surface area contributed by atoms with Crippen LogP contribution in [-0.2, 0) is 16.6 Å². The van der Waals surface area contributed by atoms with Gasteiger partial charge in [-0.2, -0.15) is 4.31 Å². The van der Waals surface area contributed by atoms with Crippen LogP contribution in [0.4, 0.5) is 0 Å². The van der Waals surface area contributed by atoms with Crippen molar-refractivity contribution in [3.63, 3.8) is 0 Å². The van der Waals surface area contributed by atoms with E-state index in [4.69, 9.17) is 16.1 Å². The van der Waals surface area contributed by atoms with Crippen molar-refractivity contribution in [3.8, 4) is 0 Å². The lowest BCUT2D eigenvalue weighted by molar-refractivity contribution is 0.378. The van der Waals surface area contributed by atoms with Crippen LogP contribution in [0, 0.1) is 6.92 Å². The number of aryl methyl sites for hydroxylation is 1. The van der Waals surface area contributed by atoms with Gasteiger partial charge < -0.3 is 4.52 Å². The normalized spacial score (nSPS) is 12.0. The van der Waals surface area contributed by atoms with E-state index in [0.29, 0.717) is 11.5 Å². The fraction of sp³-hybridized carbons (Fsp3) is 0.273. The zero-order valence-corrected chi connectivity index (χ0v) is 11.9. The van der Waals surface area contributed by atoms with Crippen LogP contribution in [0.1, 0.15) is 11.5 Å². The van der Waals surface area contributed by atoms with Crippen molar-refractivity contribution in [2.24, 2.45) is 0 Å². The second kappa shape index (κ2) is 5.28. The molecule has 102 valence electrons. The average molecular weight is 302 g/mol. The van der Waals surface area contributed by atoms with Crippen molar-refractivity contribution in [2.75, 3.05) is 7.05 Å². The molecule has 0 saturated heterocycles. The Kier molecular flexibility index (Phi) is 3.88. The number of hydrogen-bond donors (Lipinski definition) is 0. The standard InChI is InChI=1S/C11H12ClN3O3S/c1-8-5-9(14-18-8)7-15(2)19(16,17)10-3-4-13-11(12)6-10/h3-6H,7H2,1-2H3. The minimum atomic E-state index is -3.62. The second-order valence-electron chi connectivity index (χ2n) is 4.00. The lowest BCUT2D eigenvalue weighted by Crippen LogP contribution is -2.26. The highest BCUT2D eigenvalue weighted by Gasteiger charge is 2.22. The zero-order chi connectivity index (χ0) is 14.0. The highest BCUT2D eigenvalue weighted by atomic mass is 35.5. The Labute approximate surface area is 116 Å². The number of aromatic nitrogens is 2. The minimum absolute atomic E-state index is 0.0928. The highest BCUT2D eigenvalue weighted by Crippen LogP contribution is 2.18. The summed E-state index contributed by atoms with van der Waals surface area (Å²) in [5, 5.41) is 3.89. The van der Waals surface area contributed by atoms with E-state index in [-0.39, 0.29) is 16.6 Å². The van der Waals surface area contributed by atoms with Crippen LogP contribution in [0.5, 0.6) is 0 Å². The van der Waals surface area contributed by atoms with Crippen molar-refractivity contribution in [3.05, 3.63) is 41.0 Å². The molecule has 0 aromatic carbocycles. The maximum atomic E-state index is 12.3. The fourth-order valence-electron chi connectivity index (χ4n) is 1.53. The topological polar surface area (TPSA) is 76.3 Å². The first kappa shape index (κ1) is 14.0. The molecule has 0 aliphatic heterocycles. The Balaban J connectivity index is 2.24. The molecule has 19 heavy (non-hydrogen) atoms. The van der Waals surface area contributed by atoms with E-state index in [1.54, 1.807) is 13.0 Å². The predicted molar refractivity (Wildman–Crippen MR) is 69.1 cm³/mol. The summed E-state index contributed by atoms with van der Waals surface area (Å²) >= 11 is 5.70. The van der Waals surface area contributed by atoms with E-state index in [9.17, 15) is 8.42 Å². The summed E-state index contributed by atoms with van der Waals surface area (Å²) in [5.41, 5.74) is 0.545. The molecular formula is C11H12ClN3O3S. The first-order valence-corrected chi connectivity index (χ1v) is 7.21. The van der Waals surface area contributed by atoms with Crippen molar-refractivity contribution in [1.82, 2.24) is 14.4 Å². The molecule has 2 heterocycles. The van der Waals surface area contributed by atoms with Crippen LogP contribution in [0.2, 0.25) is 5.15 Å². The van der Waals surface area contributed by atoms with Crippen LogP contribution in [-0.4, -0.2) is 29.9 Å². The number of halogens is 1. The second-order valence-corrected chi connectivity index (χ2v) is 6.44. The van der Waals surface area contributed by atoms with Gasteiger partial charge in [0.25, 0.3) is 0 Å². The van der Waals surface area contributed by atoms with Crippen molar-refractivity contribution < 1.29 is 12.9 Å². The van der Waals surface area contributed by atoms with E-state index >= 15 is 0 Å². The smallest absolute Gasteiger partial charge is 0.243 e. The molecule has 2 aromatic rings. The summed E-state index contributed by atoms with van der Waals surface area (Å²) in [6.45, 7) is 1.87. The van der Waals surface area contributed by atoms with Crippen molar-refractivity contribution >= 4 is 21.6 Å². The summed E-state index contributed by atoms with van der Waals surface area (Å²) in [5.74, 6) is 0.632. The third kappa shape index (κ3) is 3.12. The van der Waals surface area contributed by atoms with Crippen LogP contribution in [0.3, 0.4) is 0 Å². The van der Waals surface area contributed by atoms with Crippen LogP contribution < -0.4 is 0 Å². The van der Waals surface area contributed by atoms with Gasteiger partial charge in [-0.1, -0.05) is 16.8 Å². The predicted octanol–water partition coefficient (Wildman–Crippen LogP) is 1.85. The van der Waals surface area contributed by atoms with Gasteiger partial charge in [0.15, 0.2) is 0 Å². The van der Waals surface area contributed by atoms with Gasteiger partial charge in [0.05, 0.1) is 17.1 Å². The molecule has 0 bridgehead atoms. The lowest BCUT2D eigenvalue weighted by atomic mass is 10.4. The Bertz CT molecular complexity index is 684. The number of hydrogen-bond acceptors (Lipinski definition) is 5. The van der Waals surface area contributed by atoms with Gasteiger partial charge in [-0.15, -0.1) is 0 Å². The fourth-order valence-corrected chi connectivity index (χ4v) is 2.92. The van der Waals surface area contributed by atoms with Crippen molar-refractivity contribution in [2.45, 2.75) is 18.4 Å². The maximum Gasteiger partial charge on any atom is 0.243 e. The first-order valence-electron chi connectivity index (χ1n) is 5.39. The van der Waals surface area contributed by atoms with Gasteiger partial charge in [-0.05, 0) is 19.1 Å². The minimum Gasteiger partial charge on any atom is -0.361 e. The van der Waals surface area contributed by atoms with Crippen LogP contribution in [0.15, 0.2) is 33.8 Å². The zero-order valence-electron chi connectivity index (χ0n) is 10.4. The number of rotatable bonds is 4. The molecule has 8 heteroatoms. The summed E-state index contributed by atoms with van der Waals surface area (Å²) in [4.78, 5) is 3.85. The van der Waals surface area contributed by atoms with Crippen molar-refractivity contribution in [1.29, 1.82) is 0 Å². The molecule has 0 saturated carbocycles. The Morgan fingerprint density at radius 1 is 1.42 bits per heavy atom. The van der Waals surface area contributed by atoms with Gasteiger partial charge in [-0.3, -0.25) is 0 Å². The molecule has 0 amide bonds. The summed E-state index contributed by atoms with van der Waals surface area (Å²) in [6, 6.07) is 4.39. The summed E-state index contributed by atoms with van der Waals surface area (Å²) in [7, 11) is -2.16. The number of sulfonamides is 1. The third-order valence-electron chi connectivity index (χ3n) is 2.47. The van der Waals surface area contributed by atoms with E-state index in [1.807, 2.05) is 0 Å². The molecule has 0 radical (unpaired) electrons. The largest absolute Gasteiger partial charge is 0.361 e. The molecule has 0 unspecified atom stereocenters. The van der Waals surface area contributed by atoms with Gasteiger partial charge in [0.2, 0.25) is 10.0 Å². The summed E-state index contributed by atoms with van der Waals surface area (Å²) in [6.07, 6.45) is 1.35. The molecule has 0 atom stereocenters. The van der Waals surface area contributed by atoms with E-state index < -0.39 is 10.0 Å². The molecule has 0 N–H and O–H groups in total. The molecular weight excluding hydrogens is 290 g/mol. The molecule has 0 fully saturated rings. The Morgan fingerprint density at radius 2 is 2.16 bits per heavy atom. The molecule has 2 aromatic heterocycles. The Hall–Kier alpha value is -1.44. The first-order chi connectivity index (χ1) is 8.89. The Morgan fingerprint density at radius 3 is 2.74 bits per heavy atom. The van der Waals surface area contributed by atoms with Gasteiger partial charge in [-0.25, -0.2) is 13.4 Å². The summed E-state index contributed by atoms with van der Waals surface area (Å²) < 4.78 is 30.6. The van der Waals surface area contributed by atoms with E-state index in [0.717, 1.165) is 0 Å². The van der Waals surface area contributed by atoms with Gasteiger partial charge >= 0.3 is 0 Å². The quantitative estimate of drug-likeness (QED) is 0.806. The van der Waals surface area contributed by atoms with Gasteiger partial charge in [0, 0.05) is 19.3 Å². The SMILES string of the molecule is Cc1cc(CN(C)S(=O)(=O)c2ccnc(Cl)c2)no1. The molecule has 0 aliphatic rings. The highest BCUT2D eigenvalue weighted by molar-refractivity contribution is 7.89. The third-order valence-corrected chi connectivity index (χ3v) is 4.47. The number of pyridine rings is 1. The monoisotopic (exact) mass is 301 g/mol. The molecule has 2 rings (SSSR count). The number of nitrogens with zero attached hydrogens (tertiary/aromatic N) is 3. The molecule has 0 spiro atoms. The van der Waals surface area contributed by atoms with Crippen LogP contribution >= 0.6 is 11.6 Å².